The number of rotatable bonds is 4. The van der Waals surface area contributed by atoms with Crippen LogP contribution in [-0.2, 0) is 38.1 Å². The van der Waals surface area contributed by atoms with Crippen LogP contribution >= 0.6 is 0 Å². The third-order valence-corrected chi connectivity index (χ3v) is 4.22. The summed E-state index contributed by atoms with van der Waals surface area (Å²) in [5.41, 5.74) is -5.60. The average Bonchev–Trinajstić information content (AvgIpc) is 2.83. The van der Waals surface area contributed by atoms with Gasteiger partial charge in [0.05, 0.1) is 20.8 Å². The van der Waals surface area contributed by atoms with Gasteiger partial charge in [-0.05, 0) is 13.8 Å². The van der Waals surface area contributed by atoms with Gasteiger partial charge in [0.25, 0.3) is 0 Å². The van der Waals surface area contributed by atoms with E-state index in [2.05, 4.69) is 9.47 Å². The molecule has 5 atom stereocenters. The molecule has 10 heteroatoms. The Morgan fingerprint density at radius 1 is 1.21 bits per heavy atom. The number of hydrogen-bond acceptors (Lipinski definition) is 10. The van der Waals surface area contributed by atoms with E-state index in [-0.39, 0.29) is 6.61 Å². The van der Waals surface area contributed by atoms with Crippen LogP contribution in [0.25, 0.3) is 0 Å². The summed E-state index contributed by atoms with van der Waals surface area (Å²) in [6, 6.07) is 0. The minimum absolute atomic E-state index is 0.137. The fraction of sp³-hybridized carbons (Fsp3) is 0.786. The highest BCUT2D eigenvalue weighted by Crippen LogP contribution is 2.53. The van der Waals surface area contributed by atoms with E-state index in [1.807, 2.05) is 0 Å². The van der Waals surface area contributed by atoms with Crippen molar-refractivity contribution in [1.29, 1.82) is 0 Å². The van der Waals surface area contributed by atoms with E-state index in [1.165, 1.54) is 13.8 Å². The second-order valence-electron chi connectivity index (χ2n) is 5.69. The molecule has 0 radical (unpaired) electrons. The molecule has 0 amide bonds. The van der Waals surface area contributed by atoms with E-state index in [9.17, 15) is 24.6 Å². The lowest BCUT2D eigenvalue weighted by atomic mass is 9.72. The Hall–Kier alpha value is -1.75. The summed E-state index contributed by atoms with van der Waals surface area (Å²) in [5, 5.41) is 21.3. The number of carbonyl (C=O) groups is 3. The zero-order chi connectivity index (χ0) is 18.3. The topological polar surface area (TPSA) is 138 Å². The molecule has 0 saturated carbocycles. The summed E-state index contributed by atoms with van der Waals surface area (Å²) < 4.78 is 24.9. The molecule has 2 aliphatic heterocycles. The standard InChI is InChI=1S/C14H20O10/c1-5-22-11(18)14-8(9(16)20-3)23-12(2,24-14)6-7(15)13(14,19)10(17)21-4/h7-8,15,19H,5-6H2,1-4H3/t7-,8-,12-,13+,14+/m1/s1. The first-order valence-corrected chi connectivity index (χ1v) is 7.24. The maximum Gasteiger partial charge on any atom is 0.345 e. The van der Waals surface area contributed by atoms with Crippen molar-refractivity contribution in [2.24, 2.45) is 0 Å². The summed E-state index contributed by atoms with van der Waals surface area (Å²) >= 11 is 0. The summed E-state index contributed by atoms with van der Waals surface area (Å²) in [6.45, 7) is 2.69. The van der Waals surface area contributed by atoms with Gasteiger partial charge in [0.1, 0.15) is 6.10 Å². The van der Waals surface area contributed by atoms with Crippen LogP contribution in [0, 0.1) is 0 Å². The molecule has 2 aliphatic rings. The molecule has 0 aromatic rings. The highest BCUT2D eigenvalue weighted by Gasteiger charge is 2.82. The van der Waals surface area contributed by atoms with Gasteiger partial charge in [-0.15, -0.1) is 0 Å². The number of hydrogen-bond donors (Lipinski definition) is 2. The van der Waals surface area contributed by atoms with Crippen LogP contribution in [0.1, 0.15) is 20.3 Å². The van der Waals surface area contributed by atoms with Crippen LogP contribution in [0.3, 0.4) is 0 Å². The third kappa shape index (κ3) is 2.21. The molecule has 0 aliphatic carbocycles. The van der Waals surface area contributed by atoms with Crippen molar-refractivity contribution in [2.45, 2.75) is 49.5 Å². The Labute approximate surface area is 137 Å². The first-order chi connectivity index (χ1) is 11.1. The Balaban J connectivity index is 2.72. The van der Waals surface area contributed by atoms with Gasteiger partial charge in [0.2, 0.25) is 17.3 Å². The highest BCUT2D eigenvalue weighted by atomic mass is 16.8. The molecule has 2 fully saturated rings. The molecular formula is C14H20O10. The van der Waals surface area contributed by atoms with E-state index in [1.54, 1.807) is 0 Å². The third-order valence-electron chi connectivity index (χ3n) is 4.22. The largest absolute Gasteiger partial charge is 0.467 e. The Bertz CT molecular complexity index is 562. The molecular weight excluding hydrogens is 328 g/mol. The molecule has 0 aromatic heterocycles. The maximum atomic E-state index is 12.6. The monoisotopic (exact) mass is 348 g/mol. The number of aliphatic hydroxyl groups excluding tert-OH is 1. The zero-order valence-corrected chi connectivity index (χ0v) is 13.7. The second kappa shape index (κ2) is 5.96. The molecule has 0 aromatic carbocycles. The lowest BCUT2D eigenvalue weighted by Gasteiger charge is -2.47. The van der Waals surface area contributed by atoms with Crippen LogP contribution < -0.4 is 0 Å². The van der Waals surface area contributed by atoms with E-state index in [0.29, 0.717) is 0 Å². The summed E-state index contributed by atoms with van der Waals surface area (Å²) in [5.74, 6) is -5.32. The molecule has 2 heterocycles. The van der Waals surface area contributed by atoms with Gasteiger partial charge in [-0.25, -0.2) is 14.4 Å². The van der Waals surface area contributed by atoms with E-state index in [4.69, 9.17) is 14.2 Å². The van der Waals surface area contributed by atoms with Gasteiger partial charge in [-0.3, -0.25) is 0 Å². The quantitative estimate of drug-likeness (QED) is 0.445. The van der Waals surface area contributed by atoms with Crippen LogP contribution in [0.5, 0.6) is 0 Å². The van der Waals surface area contributed by atoms with Gasteiger partial charge >= 0.3 is 17.9 Å². The SMILES string of the molecule is CCOC(=O)[C@]12O[C@](C)(C[C@@H](O)[C@]1(O)C(=O)OC)O[C@@H]2C(=O)OC. The minimum atomic E-state index is -2.93. The van der Waals surface area contributed by atoms with E-state index < -0.39 is 53.5 Å². The lowest BCUT2D eigenvalue weighted by molar-refractivity contribution is -0.293. The molecule has 2 saturated heterocycles. The predicted molar refractivity (Wildman–Crippen MR) is 73.3 cm³/mol. The maximum absolute atomic E-state index is 12.6. The number of aliphatic hydroxyl groups is 2. The van der Waals surface area contributed by atoms with Gasteiger partial charge in [-0.1, -0.05) is 0 Å². The van der Waals surface area contributed by atoms with Crippen LogP contribution in [0.4, 0.5) is 0 Å². The molecule has 10 nitrogen and oxygen atoms in total. The number of ether oxygens (including phenoxy) is 5. The Morgan fingerprint density at radius 2 is 1.83 bits per heavy atom. The zero-order valence-electron chi connectivity index (χ0n) is 13.7. The first-order valence-electron chi connectivity index (χ1n) is 7.24. The van der Waals surface area contributed by atoms with Crippen LogP contribution in [0.15, 0.2) is 0 Å². The van der Waals surface area contributed by atoms with Crippen molar-refractivity contribution in [1.82, 2.24) is 0 Å². The van der Waals surface area contributed by atoms with E-state index in [0.717, 1.165) is 14.2 Å². The van der Waals surface area contributed by atoms with Crippen molar-refractivity contribution in [3.8, 4) is 0 Å². The predicted octanol–water partition coefficient (Wildman–Crippen LogP) is -1.74. The molecule has 2 rings (SSSR count). The van der Waals surface area contributed by atoms with Crippen molar-refractivity contribution in [3.63, 3.8) is 0 Å². The molecule has 136 valence electrons. The molecule has 24 heavy (non-hydrogen) atoms. The minimum Gasteiger partial charge on any atom is -0.467 e. The molecule has 0 spiro atoms. The van der Waals surface area contributed by atoms with E-state index >= 15 is 0 Å². The molecule has 2 N–H and O–H groups in total. The van der Waals surface area contributed by atoms with Gasteiger partial charge in [0.15, 0.2) is 5.79 Å². The first kappa shape index (κ1) is 18.6. The van der Waals surface area contributed by atoms with Crippen LogP contribution in [-0.4, -0.2) is 78.1 Å². The Kier molecular flexibility index (Phi) is 4.61. The number of carbonyl (C=O) groups excluding carboxylic acids is 3. The summed E-state index contributed by atoms with van der Waals surface area (Å²) in [4.78, 5) is 37.0. The number of methoxy groups -OCH3 is 2. The number of fused-ring (bicyclic) bond motifs is 2. The fourth-order valence-electron chi connectivity index (χ4n) is 3.17. The molecule has 2 bridgehead atoms. The summed E-state index contributed by atoms with van der Waals surface area (Å²) in [6.07, 6.45) is -4.05. The lowest BCUT2D eigenvalue weighted by Crippen LogP contribution is -2.76. The van der Waals surface area contributed by atoms with Gasteiger partial charge in [0, 0.05) is 6.42 Å². The molecule has 0 unspecified atom stereocenters. The average molecular weight is 348 g/mol. The van der Waals surface area contributed by atoms with Crippen molar-refractivity contribution in [3.05, 3.63) is 0 Å². The van der Waals surface area contributed by atoms with Gasteiger partial charge in [-0.2, -0.15) is 0 Å². The Morgan fingerprint density at radius 3 is 2.33 bits per heavy atom. The fourth-order valence-corrected chi connectivity index (χ4v) is 3.17. The van der Waals surface area contributed by atoms with Crippen molar-refractivity contribution >= 4 is 17.9 Å². The number of esters is 3. The van der Waals surface area contributed by atoms with Crippen molar-refractivity contribution < 1.29 is 48.3 Å². The highest BCUT2D eigenvalue weighted by molar-refractivity contribution is 5.99. The second-order valence-corrected chi connectivity index (χ2v) is 5.69. The van der Waals surface area contributed by atoms with Crippen molar-refractivity contribution in [2.75, 3.05) is 20.8 Å². The summed E-state index contributed by atoms with van der Waals surface area (Å²) in [7, 11) is 1.98. The normalized spacial score (nSPS) is 40.8. The van der Waals surface area contributed by atoms with Gasteiger partial charge < -0.3 is 33.9 Å². The van der Waals surface area contributed by atoms with Crippen LogP contribution in [0.2, 0.25) is 0 Å². The smallest absolute Gasteiger partial charge is 0.345 e.